The third kappa shape index (κ3) is 3.00. The van der Waals surface area contributed by atoms with E-state index in [2.05, 4.69) is 12.0 Å². The van der Waals surface area contributed by atoms with Gasteiger partial charge < -0.3 is 5.73 Å². The highest BCUT2D eigenvalue weighted by atomic mass is 35.5. The van der Waals surface area contributed by atoms with Crippen molar-refractivity contribution in [2.75, 3.05) is 0 Å². The monoisotopic (exact) mass is 311 g/mol. The van der Waals surface area contributed by atoms with Gasteiger partial charge in [0.15, 0.2) is 0 Å². The van der Waals surface area contributed by atoms with Gasteiger partial charge in [0, 0.05) is 18.8 Å². The molecule has 1 aromatic heterocycles. The van der Waals surface area contributed by atoms with Crippen LogP contribution in [0.2, 0.25) is 10.0 Å². The highest BCUT2D eigenvalue weighted by Crippen LogP contribution is 2.31. The van der Waals surface area contributed by atoms with E-state index < -0.39 is 0 Å². The van der Waals surface area contributed by atoms with Gasteiger partial charge in [-0.1, -0.05) is 35.3 Å². The Kier molecular flexibility index (Phi) is 4.74. The number of halogens is 2. The minimum Gasteiger partial charge on any atom is -0.324 e. The zero-order valence-corrected chi connectivity index (χ0v) is 13.5. The van der Waals surface area contributed by atoms with E-state index in [1.54, 1.807) is 6.07 Å². The average Bonchev–Trinajstić information content (AvgIpc) is 2.64. The smallest absolute Gasteiger partial charge is 0.0640 e. The number of aromatic nitrogens is 2. The van der Waals surface area contributed by atoms with E-state index in [0.29, 0.717) is 10.0 Å². The van der Waals surface area contributed by atoms with Crippen molar-refractivity contribution >= 4 is 23.2 Å². The lowest BCUT2D eigenvalue weighted by atomic mass is 9.99. The molecule has 0 bridgehead atoms. The van der Waals surface area contributed by atoms with Crippen LogP contribution in [0.5, 0.6) is 0 Å². The Balaban J connectivity index is 2.13. The van der Waals surface area contributed by atoms with E-state index in [4.69, 9.17) is 28.9 Å². The molecule has 3 nitrogen and oxygen atoms in total. The van der Waals surface area contributed by atoms with Gasteiger partial charge in [-0.25, -0.2) is 0 Å². The summed E-state index contributed by atoms with van der Waals surface area (Å²) in [5.74, 6) is 0. The molecule has 0 radical (unpaired) electrons. The topological polar surface area (TPSA) is 43.8 Å². The molecule has 1 unspecified atom stereocenters. The second kappa shape index (κ2) is 6.17. The van der Waals surface area contributed by atoms with Crippen LogP contribution >= 0.6 is 23.2 Å². The summed E-state index contributed by atoms with van der Waals surface area (Å²) in [6.45, 7) is 4.10. The van der Waals surface area contributed by atoms with Crippen molar-refractivity contribution < 1.29 is 0 Å². The Morgan fingerprint density at radius 2 is 2.00 bits per heavy atom. The third-order valence-electron chi connectivity index (χ3n) is 3.75. The molecule has 1 atom stereocenters. The normalized spacial score (nSPS) is 12.7. The average molecular weight is 312 g/mol. The van der Waals surface area contributed by atoms with Crippen molar-refractivity contribution in [1.29, 1.82) is 0 Å². The predicted molar refractivity (Wildman–Crippen MR) is 84.4 cm³/mol. The number of aryl methyl sites for hydroxylation is 2. The summed E-state index contributed by atoms with van der Waals surface area (Å²) in [5, 5.41) is 5.53. The molecular formula is C15H19Cl2N3. The maximum Gasteiger partial charge on any atom is 0.0640 e. The number of hydrogen-bond acceptors (Lipinski definition) is 2. The first-order valence-electron chi connectivity index (χ1n) is 6.60. The van der Waals surface area contributed by atoms with Crippen LogP contribution in [-0.4, -0.2) is 9.78 Å². The first-order chi connectivity index (χ1) is 9.41. The Bertz CT molecular complexity index is 620. The molecule has 0 aliphatic rings. The minimum absolute atomic E-state index is 0.125. The lowest BCUT2D eigenvalue weighted by Gasteiger charge is -2.14. The summed E-state index contributed by atoms with van der Waals surface area (Å²) in [6.07, 6.45) is 1.70. The highest BCUT2D eigenvalue weighted by Gasteiger charge is 2.15. The zero-order valence-electron chi connectivity index (χ0n) is 12.0. The first-order valence-corrected chi connectivity index (χ1v) is 7.36. The SMILES string of the molecule is Cc1nn(C)c(C)c1CCC(N)c1cccc(Cl)c1Cl. The van der Waals surface area contributed by atoms with Gasteiger partial charge in [0.05, 0.1) is 15.7 Å². The Morgan fingerprint density at radius 3 is 2.60 bits per heavy atom. The van der Waals surface area contributed by atoms with Crippen LogP contribution in [0, 0.1) is 13.8 Å². The van der Waals surface area contributed by atoms with Crippen LogP contribution in [0.3, 0.4) is 0 Å². The van der Waals surface area contributed by atoms with Crippen LogP contribution in [0.15, 0.2) is 18.2 Å². The standard InChI is InChI=1S/C15H19Cl2N3/c1-9-11(10(2)20(3)19-9)7-8-14(18)12-5-4-6-13(16)15(12)17/h4-6,14H,7-8,18H2,1-3H3. The van der Waals surface area contributed by atoms with E-state index >= 15 is 0 Å². The number of benzene rings is 1. The summed E-state index contributed by atoms with van der Waals surface area (Å²) in [6, 6.07) is 5.46. The van der Waals surface area contributed by atoms with Crippen molar-refractivity contribution in [3.8, 4) is 0 Å². The number of rotatable bonds is 4. The molecule has 0 fully saturated rings. The molecule has 0 saturated carbocycles. The van der Waals surface area contributed by atoms with Gasteiger partial charge in [0.25, 0.3) is 0 Å². The molecule has 0 aliphatic heterocycles. The highest BCUT2D eigenvalue weighted by molar-refractivity contribution is 6.42. The molecule has 5 heteroatoms. The fraction of sp³-hybridized carbons (Fsp3) is 0.400. The molecule has 0 amide bonds. The van der Waals surface area contributed by atoms with Crippen molar-refractivity contribution in [3.63, 3.8) is 0 Å². The maximum absolute atomic E-state index is 6.25. The molecule has 0 aliphatic carbocycles. The summed E-state index contributed by atoms with van der Waals surface area (Å²) >= 11 is 12.2. The molecule has 2 aromatic rings. The molecular weight excluding hydrogens is 293 g/mol. The molecule has 1 aromatic carbocycles. The van der Waals surface area contributed by atoms with Crippen molar-refractivity contribution in [2.45, 2.75) is 32.7 Å². The number of nitrogens with two attached hydrogens (primary N) is 1. The van der Waals surface area contributed by atoms with Gasteiger partial charge in [0.1, 0.15) is 0 Å². The van der Waals surface area contributed by atoms with E-state index in [0.717, 1.165) is 24.1 Å². The molecule has 20 heavy (non-hydrogen) atoms. The van der Waals surface area contributed by atoms with Gasteiger partial charge in [-0.3, -0.25) is 4.68 Å². The summed E-state index contributed by atoms with van der Waals surface area (Å²) in [5.41, 5.74) is 10.7. The van der Waals surface area contributed by atoms with Crippen molar-refractivity contribution in [1.82, 2.24) is 9.78 Å². The van der Waals surface area contributed by atoms with Crippen LogP contribution in [0.25, 0.3) is 0 Å². The quantitative estimate of drug-likeness (QED) is 0.928. The molecule has 2 rings (SSSR count). The molecule has 0 spiro atoms. The summed E-state index contributed by atoms with van der Waals surface area (Å²) in [4.78, 5) is 0. The van der Waals surface area contributed by atoms with Crippen molar-refractivity contribution in [2.24, 2.45) is 12.8 Å². The molecule has 108 valence electrons. The molecule has 1 heterocycles. The maximum atomic E-state index is 6.25. The fourth-order valence-corrected chi connectivity index (χ4v) is 2.89. The van der Waals surface area contributed by atoms with Gasteiger partial charge >= 0.3 is 0 Å². The minimum atomic E-state index is -0.125. The largest absolute Gasteiger partial charge is 0.324 e. The van der Waals surface area contributed by atoms with Crippen LogP contribution in [0.1, 0.15) is 35.0 Å². The zero-order chi connectivity index (χ0) is 14.9. The van der Waals surface area contributed by atoms with E-state index in [-0.39, 0.29) is 6.04 Å². The van der Waals surface area contributed by atoms with E-state index in [1.165, 1.54) is 11.3 Å². The first kappa shape index (κ1) is 15.4. The Hall–Kier alpha value is -1.03. The second-order valence-electron chi connectivity index (χ2n) is 5.06. The van der Waals surface area contributed by atoms with E-state index in [9.17, 15) is 0 Å². The lowest BCUT2D eigenvalue weighted by Crippen LogP contribution is -2.12. The van der Waals surface area contributed by atoms with Crippen molar-refractivity contribution in [3.05, 3.63) is 50.8 Å². The molecule has 0 saturated heterocycles. The summed E-state index contributed by atoms with van der Waals surface area (Å²) < 4.78 is 1.91. The Labute approximate surface area is 129 Å². The number of nitrogens with zero attached hydrogens (tertiary/aromatic N) is 2. The lowest BCUT2D eigenvalue weighted by molar-refractivity contribution is 0.647. The van der Waals surface area contributed by atoms with Crippen LogP contribution in [-0.2, 0) is 13.5 Å². The van der Waals surface area contributed by atoms with Gasteiger partial charge in [0.2, 0.25) is 0 Å². The number of hydrogen-bond donors (Lipinski definition) is 1. The van der Waals surface area contributed by atoms with Crippen LogP contribution < -0.4 is 5.73 Å². The van der Waals surface area contributed by atoms with Gasteiger partial charge in [-0.2, -0.15) is 5.10 Å². The fourth-order valence-electron chi connectivity index (χ4n) is 2.44. The van der Waals surface area contributed by atoms with Gasteiger partial charge in [-0.05, 0) is 43.9 Å². The van der Waals surface area contributed by atoms with Crippen LogP contribution in [0.4, 0.5) is 0 Å². The second-order valence-corrected chi connectivity index (χ2v) is 5.85. The van der Waals surface area contributed by atoms with E-state index in [1.807, 2.05) is 30.8 Å². The Morgan fingerprint density at radius 1 is 1.30 bits per heavy atom. The van der Waals surface area contributed by atoms with Gasteiger partial charge in [-0.15, -0.1) is 0 Å². The molecule has 2 N–H and O–H groups in total. The predicted octanol–water partition coefficient (Wildman–Crippen LogP) is 3.98. The summed E-state index contributed by atoms with van der Waals surface area (Å²) in [7, 11) is 1.96. The third-order valence-corrected chi connectivity index (χ3v) is 4.58.